The van der Waals surface area contributed by atoms with Crippen LogP contribution in [0, 0.1) is 5.92 Å². The van der Waals surface area contributed by atoms with Gasteiger partial charge in [0, 0.05) is 13.1 Å². The molecular formula is C13H26N2O4. The molecule has 0 unspecified atom stereocenters. The Bertz CT molecular complexity index is 243. The first-order chi connectivity index (χ1) is 9.15. The van der Waals surface area contributed by atoms with Crippen molar-refractivity contribution in [3.05, 3.63) is 0 Å². The van der Waals surface area contributed by atoms with E-state index in [1.165, 1.54) is 0 Å². The molecule has 0 radical (unpaired) electrons. The highest BCUT2D eigenvalue weighted by atomic mass is 16.5. The van der Waals surface area contributed by atoms with E-state index in [1.54, 1.807) is 5.01 Å². The Morgan fingerprint density at radius 1 is 1.26 bits per heavy atom. The van der Waals surface area contributed by atoms with Crippen molar-refractivity contribution in [3.63, 3.8) is 0 Å². The Balaban J connectivity index is 0.000000399. The first kappa shape index (κ1) is 17.9. The number of carbonyl (C=O) groups excluding carboxylic acids is 2. The van der Waals surface area contributed by atoms with Crippen LogP contribution in [0.2, 0.25) is 0 Å². The summed E-state index contributed by atoms with van der Waals surface area (Å²) in [6.45, 7) is 7.01. The molecule has 0 aliphatic carbocycles. The van der Waals surface area contributed by atoms with E-state index in [2.05, 4.69) is 11.7 Å². The lowest BCUT2D eigenvalue weighted by Gasteiger charge is -2.33. The van der Waals surface area contributed by atoms with Crippen molar-refractivity contribution < 1.29 is 19.1 Å². The summed E-state index contributed by atoms with van der Waals surface area (Å²) in [6, 6.07) is 0. The van der Waals surface area contributed by atoms with Crippen molar-refractivity contribution in [1.82, 2.24) is 5.01 Å². The van der Waals surface area contributed by atoms with Gasteiger partial charge < -0.3 is 9.47 Å². The van der Waals surface area contributed by atoms with E-state index in [0.717, 1.165) is 25.7 Å². The maximum absolute atomic E-state index is 11.1. The van der Waals surface area contributed by atoms with Crippen LogP contribution in [0.3, 0.4) is 0 Å². The highest BCUT2D eigenvalue weighted by Crippen LogP contribution is 2.12. The quantitative estimate of drug-likeness (QED) is 0.309. The lowest BCUT2D eigenvalue weighted by atomic mass is 10.0. The first-order valence-corrected chi connectivity index (χ1v) is 6.87. The molecule has 6 nitrogen and oxygen atoms in total. The minimum Gasteiger partial charge on any atom is -0.468 e. The monoisotopic (exact) mass is 274 g/mol. The molecule has 0 amide bonds. The van der Waals surface area contributed by atoms with E-state index in [-0.39, 0.29) is 11.9 Å². The fraction of sp³-hybridized carbons (Fsp3) is 0.846. The maximum atomic E-state index is 11.1. The SMILES string of the molecule is CCCCOC(=O)C1CN(N)C1.CCCCOC=O. The van der Waals surface area contributed by atoms with Gasteiger partial charge in [0.1, 0.15) is 0 Å². The summed E-state index contributed by atoms with van der Waals surface area (Å²) in [6.07, 6.45) is 4.05. The average Bonchev–Trinajstić information content (AvgIpc) is 2.37. The zero-order valence-electron chi connectivity index (χ0n) is 12.0. The molecule has 0 aromatic heterocycles. The van der Waals surface area contributed by atoms with Gasteiger partial charge in [-0.2, -0.15) is 0 Å². The predicted molar refractivity (Wildman–Crippen MR) is 72.0 cm³/mol. The number of esters is 1. The number of rotatable bonds is 8. The number of nitrogens with zero attached hydrogens (tertiary/aromatic N) is 1. The van der Waals surface area contributed by atoms with Crippen LogP contribution in [-0.4, -0.2) is 43.8 Å². The maximum Gasteiger partial charge on any atom is 0.311 e. The molecule has 0 saturated carbocycles. The van der Waals surface area contributed by atoms with Gasteiger partial charge in [0.25, 0.3) is 6.47 Å². The van der Waals surface area contributed by atoms with E-state index in [9.17, 15) is 9.59 Å². The zero-order valence-corrected chi connectivity index (χ0v) is 12.0. The van der Waals surface area contributed by atoms with Crippen LogP contribution in [0.1, 0.15) is 39.5 Å². The van der Waals surface area contributed by atoms with E-state index in [0.29, 0.717) is 32.8 Å². The molecule has 1 fully saturated rings. The van der Waals surface area contributed by atoms with Crippen molar-refractivity contribution in [1.29, 1.82) is 0 Å². The molecule has 0 aromatic carbocycles. The predicted octanol–water partition coefficient (Wildman–Crippen LogP) is 1.09. The van der Waals surface area contributed by atoms with Crippen LogP contribution in [0.4, 0.5) is 0 Å². The van der Waals surface area contributed by atoms with Crippen LogP contribution in [-0.2, 0) is 19.1 Å². The van der Waals surface area contributed by atoms with E-state index in [1.807, 2.05) is 6.92 Å². The van der Waals surface area contributed by atoms with Crippen molar-refractivity contribution >= 4 is 12.4 Å². The van der Waals surface area contributed by atoms with Gasteiger partial charge in [-0.1, -0.05) is 26.7 Å². The lowest BCUT2D eigenvalue weighted by molar-refractivity contribution is -0.154. The van der Waals surface area contributed by atoms with Gasteiger partial charge in [-0.3, -0.25) is 15.4 Å². The van der Waals surface area contributed by atoms with Gasteiger partial charge in [0.05, 0.1) is 19.1 Å². The molecule has 0 bridgehead atoms. The van der Waals surface area contributed by atoms with Crippen molar-refractivity contribution in [3.8, 4) is 0 Å². The van der Waals surface area contributed by atoms with Crippen molar-refractivity contribution in [2.45, 2.75) is 39.5 Å². The van der Waals surface area contributed by atoms with Crippen molar-refractivity contribution in [2.75, 3.05) is 26.3 Å². The Morgan fingerprint density at radius 3 is 2.32 bits per heavy atom. The minimum absolute atomic E-state index is 0.0202. The molecular weight excluding hydrogens is 248 g/mol. The normalized spacial score (nSPS) is 14.9. The third-order valence-electron chi connectivity index (χ3n) is 2.67. The molecule has 112 valence electrons. The Kier molecular flexibility index (Phi) is 11.2. The average molecular weight is 274 g/mol. The first-order valence-electron chi connectivity index (χ1n) is 6.87. The van der Waals surface area contributed by atoms with Gasteiger partial charge in [-0.15, -0.1) is 0 Å². The second kappa shape index (κ2) is 11.9. The van der Waals surface area contributed by atoms with Gasteiger partial charge >= 0.3 is 5.97 Å². The molecule has 0 aromatic rings. The van der Waals surface area contributed by atoms with E-state index < -0.39 is 0 Å². The summed E-state index contributed by atoms with van der Waals surface area (Å²) in [5.41, 5.74) is 0. The van der Waals surface area contributed by atoms with Gasteiger partial charge in [0.15, 0.2) is 0 Å². The summed E-state index contributed by atoms with van der Waals surface area (Å²) in [5, 5.41) is 1.62. The molecule has 1 saturated heterocycles. The Hall–Kier alpha value is -1.14. The lowest BCUT2D eigenvalue weighted by Crippen LogP contribution is -2.54. The summed E-state index contributed by atoms with van der Waals surface area (Å²) in [5.74, 6) is 5.31. The fourth-order valence-corrected chi connectivity index (χ4v) is 1.37. The van der Waals surface area contributed by atoms with Crippen molar-refractivity contribution in [2.24, 2.45) is 11.8 Å². The molecule has 1 heterocycles. The van der Waals surface area contributed by atoms with Gasteiger partial charge in [0.2, 0.25) is 0 Å². The number of ether oxygens (including phenoxy) is 2. The molecule has 0 spiro atoms. The number of nitrogens with two attached hydrogens (primary N) is 1. The summed E-state index contributed by atoms with van der Waals surface area (Å²) in [7, 11) is 0. The van der Waals surface area contributed by atoms with Gasteiger partial charge in [-0.25, -0.2) is 5.01 Å². The van der Waals surface area contributed by atoms with E-state index in [4.69, 9.17) is 10.6 Å². The van der Waals surface area contributed by atoms with Crippen LogP contribution >= 0.6 is 0 Å². The minimum atomic E-state index is -0.0925. The van der Waals surface area contributed by atoms with Crippen LogP contribution in [0.5, 0.6) is 0 Å². The molecule has 1 aliphatic rings. The van der Waals surface area contributed by atoms with Gasteiger partial charge in [-0.05, 0) is 12.8 Å². The summed E-state index contributed by atoms with van der Waals surface area (Å²) in [4.78, 5) is 20.6. The summed E-state index contributed by atoms with van der Waals surface area (Å²) < 4.78 is 9.41. The second-order valence-corrected chi connectivity index (χ2v) is 4.49. The Morgan fingerprint density at radius 2 is 1.84 bits per heavy atom. The zero-order chi connectivity index (χ0) is 14.5. The topological polar surface area (TPSA) is 81.9 Å². The summed E-state index contributed by atoms with van der Waals surface area (Å²) >= 11 is 0. The smallest absolute Gasteiger partial charge is 0.311 e. The molecule has 0 atom stereocenters. The standard InChI is InChI=1S/C8H16N2O2.C5H10O2/c1-2-3-4-12-8(11)7-5-10(9)6-7;1-2-3-4-7-5-6/h7H,2-6,9H2,1H3;5H,2-4H2,1H3. The van der Waals surface area contributed by atoms with Crippen LogP contribution in [0.25, 0.3) is 0 Å². The number of carbonyl (C=O) groups is 2. The highest BCUT2D eigenvalue weighted by molar-refractivity contribution is 5.73. The molecule has 1 aliphatic heterocycles. The molecule has 19 heavy (non-hydrogen) atoms. The highest BCUT2D eigenvalue weighted by Gasteiger charge is 2.31. The largest absolute Gasteiger partial charge is 0.468 e. The molecule has 2 N–H and O–H groups in total. The van der Waals surface area contributed by atoms with Crippen LogP contribution in [0.15, 0.2) is 0 Å². The molecule has 6 heteroatoms. The number of unbranched alkanes of at least 4 members (excludes halogenated alkanes) is 2. The third kappa shape index (κ3) is 9.44. The molecule has 1 rings (SSSR count). The second-order valence-electron chi connectivity index (χ2n) is 4.49. The number of hydrogen-bond acceptors (Lipinski definition) is 6. The number of hydrogen-bond donors (Lipinski definition) is 1. The number of hydrazine groups is 1. The van der Waals surface area contributed by atoms with Crippen LogP contribution < -0.4 is 5.84 Å². The fourth-order valence-electron chi connectivity index (χ4n) is 1.37. The third-order valence-corrected chi connectivity index (χ3v) is 2.67. The Labute approximate surface area is 115 Å². The van der Waals surface area contributed by atoms with E-state index >= 15 is 0 Å².